The molecule has 2 amide bonds. The molecule has 0 bridgehead atoms. The van der Waals surface area contributed by atoms with E-state index in [1.54, 1.807) is 0 Å². The lowest BCUT2D eigenvalue weighted by Gasteiger charge is -2.12. The smallest absolute Gasteiger partial charge is 0.319 e. The van der Waals surface area contributed by atoms with Crippen LogP contribution in [0, 0.1) is 5.82 Å². The molecule has 4 nitrogen and oxygen atoms in total. The Morgan fingerprint density at radius 1 is 1.44 bits per heavy atom. The number of carbonyl (C=O) groups is 1. The summed E-state index contributed by atoms with van der Waals surface area (Å²) in [5, 5.41) is 5.29. The minimum atomic E-state index is -0.524. The highest BCUT2D eigenvalue weighted by Crippen LogP contribution is 2.18. The lowest BCUT2D eigenvalue weighted by atomic mass is 10.2. The van der Waals surface area contributed by atoms with E-state index in [0.29, 0.717) is 0 Å². The van der Waals surface area contributed by atoms with Gasteiger partial charge in [0.2, 0.25) is 0 Å². The maximum atomic E-state index is 13.2. The Kier molecular flexibility index (Phi) is 3.34. The monoisotopic (exact) mass is 223 g/mol. The summed E-state index contributed by atoms with van der Waals surface area (Å²) in [5.41, 5.74) is 0.158. The van der Waals surface area contributed by atoms with Crippen LogP contribution in [0.15, 0.2) is 18.5 Å². The van der Waals surface area contributed by atoms with Crippen LogP contribution in [-0.2, 0) is 0 Å². The van der Waals surface area contributed by atoms with Gasteiger partial charge in [0.25, 0.3) is 0 Å². The molecule has 1 fully saturated rings. The lowest BCUT2D eigenvalue weighted by molar-refractivity contribution is 0.248. The molecule has 1 aliphatic carbocycles. The van der Waals surface area contributed by atoms with Gasteiger partial charge in [0.05, 0.1) is 11.9 Å². The summed E-state index contributed by atoms with van der Waals surface area (Å²) < 4.78 is 13.2. The first kappa shape index (κ1) is 10.9. The molecule has 1 heterocycles. The van der Waals surface area contributed by atoms with E-state index in [9.17, 15) is 9.18 Å². The van der Waals surface area contributed by atoms with E-state index in [1.165, 1.54) is 12.3 Å². The maximum absolute atomic E-state index is 13.2. The van der Waals surface area contributed by atoms with Crippen molar-refractivity contribution in [1.29, 1.82) is 0 Å². The van der Waals surface area contributed by atoms with Crippen molar-refractivity contribution < 1.29 is 9.18 Å². The van der Waals surface area contributed by atoms with E-state index in [4.69, 9.17) is 0 Å². The highest BCUT2D eigenvalue weighted by Gasteiger charge is 2.17. The number of carbonyl (C=O) groups excluding carboxylic acids is 1. The van der Waals surface area contributed by atoms with Gasteiger partial charge in [-0.05, 0) is 18.9 Å². The second-order valence-electron chi connectivity index (χ2n) is 3.94. The SMILES string of the molecule is O=C(Nc1ccncc1F)NC1CCCC1. The minimum Gasteiger partial charge on any atom is -0.335 e. The van der Waals surface area contributed by atoms with Crippen molar-refractivity contribution in [3.05, 3.63) is 24.3 Å². The second kappa shape index (κ2) is 4.92. The number of pyridine rings is 1. The van der Waals surface area contributed by atoms with E-state index in [2.05, 4.69) is 15.6 Å². The second-order valence-corrected chi connectivity index (χ2v) is 3.94. The summed E-state index contributed by atoms with van der Waals surface area (Å²) in [4.78, 5) is 15.1. The third-order valence-corrected chi connectivity index (χ3v) is 2.71. The Hall–Kier alpha value is -1.65. The molecule has 0 radical (unpaired) electrons. The normalized spacial score (nSPS) is 16.1. The fourth-order valence-electron chi connectivity index (χ4n) is 1.89. The van der Waals surface area contributed by atoms with Crippen LogP contribution < -0.4 is 10.6 Å². The molecule has 0 aliphatic heterocycles. The highest BCUT2D eigenvalue weighted by atomic mass is 19.1. The molecule has 2 N–H and O–H groups in total. The number of nitrogens with zero attached hydrogens (tertiary/aromatic N) is 1. The van der Waals surface area contributed by atoms with Crippen LogP contribution in [0.5, 0.6) is 0 Å². The molecule has 1 saturated carbocycles. The lowest BCUT2D eigenvalue weighted by Crippen LogP contribution is -2.36. The van der Waals surface area contributed by atoms with Crippen LogP contribution in [0.4, 0.5) is 14.9 Å². The average Bonchev–Trinajstić information content (AvgIpc) is 2.74. The van der Waals surface area contributed by atoms with Crippen molar-refractivity contribution in [2.45, 2.75) is 31.7 Å². The minimum absolute atomic E-state index is 0.158. The third-order valence-electron chi connectivity index (χ3n) is 2.71. The maximum Gasteiger partial charge on any atom is 0.319 e. The molecule has 5 heteroatoms. The van der Waals surface area contributed by atoms with Crippen molar-refractivity contribution in [2.24, 2.45) is 0 Å². The first-order valence-corrected chi connectivity index (χ1v) is 5.43. The average molecular weight is 223 g/mol. The third kappa shape index (κ3) is 2.68. The Bertz CT molecular complexity index is 377. The highest BCUT2D eigenvalue weighted by molar-refractivity contribution is 5.89. The summed E-state index contributed by atoms with van der Waals surface area (Å²) >= 11 is 0. The largest absolute Gasteiger partial charge is 0.335 e. The zero-order valence-electron chi connectivity index (χ0n) is 8.87. The Labute approximate surface area is 93.3 Å². The number of rotatable bonds is 2. The van der Waals surface area contributed by atoms with E-state index in [0.717, 1.165) is 31.9 Å². The number of hydrogen-bond acceptors (Lipinski definition) is 2. The van der Waals surface area contributed by atoms with Gasteiger partial charge in [0.15, 0.2) is 5.82 Å². The van der Waals surface area contributed by atoms with Crippen LogP contribution >= 0.6 is 0 Å². The summed E-state index contributed by atoms with van der Waals surface area (Å²) in [5.74, 6) is -0.524. The van der Waals surface area contributed by atoms with Crippen molar-refractivity contribution in [1.82, 2.24) is 10.3 Å². The first-order valence-electron chi connectivity index (χ1n) is 5.43. The Morgan fingerprint density at radius 3 is 2.88 bits per heavy atom. The van der Waals surface area contributed by atoms with Crippen LogP contribution in [0.1, 0.15) is 25.7 Å². The molecule has 0 unspecified atom stereocenters. The molecule has 0 aromatic carbocycles. The molecular weight excluding hydrogens is 209 g/mol. The van der Waals surface area contributed by atoms with Crippen LogP contribution in [-0.4, -0.2) is 17.1 Å². The Morgan fingerprint density at radius 2 is 2.19 bits per heavy atom. The molecule has 0 spiro atoms. The van der Waals surface area contributed by atoms with Crippen LogP contribution in [0.3, 0.4) is 0 Å². The van der Waals surface area contributed by atoms with Gasteiger partial charge in [-0.3, -0.25) is 4.98 Å². The quantitative estimate of drug-likeness (QED) is 0.808. The van der Waals surface area contributed by atoms with Crippen molar-refractivity contribution in [2.75, 3.05) is 5.32 Å². The van der Waals surface area contributed by atoms with Gasteiger partial charge in [-0.1, -0.05) is 12.8 Å². The van der Waals surface area contributed by atoms with E-state index in [1.807, 2.05) is 0 Å². The van der Waals surface area contributed by atoms with Crippen LogP contribution in [0.25, 0.3) is 0 Å². The Balaban J connectivity index is 1.89. The molecule has 1 aliphatic rings. The molecule has 1 aromatic heterocycles. The predicted octanol–water partition coefficient (Wildman–Crippen LogP) is 2.28. The number of aromatic nitrogens is 1. The summed E-state index contributed by atoms with van der Waals surface area (Å²) in [6.07, 6.45) is 6.82. The van der Waals surface area contributed by atoms with Crippen LogP contribution in [0.2, 0.25) is 0 Å². The van der Waals surface area contributed by atoms with Gasteiger partial charge in [-0.25, -0.2) is 9.18 Å². The molecule has 0 atom stereocenters. The number of amides is 2. The number of hydrogen-bond donors (Lipinski definition) is 2. The molecular formula is C11H14FN3O. The number of nitrogens with one attached hydrogen (secondary N) is 2. The predicted molar refractivity (Wildman–Crippen MR) is 58.6 cm³/mol. The van der Waals surface area contributed by atoms with Crippen molar-refractivity contribution >= 4 is 11.7 Å². The van der Waals surface area contributed by atoms with E-state index < -0.39 is 5.82 Å². The van der Waals surface area contributed by atoms with Gasteiger partial charge in [-0.15, -0.1) is 0 Å². The summed E-state index contributed by atoms with van der Waals surface area (Å²) in [6.45, 7) is 0. The summed E-state index contributed by atoms with van der Waals surface area (Å²) in [7, 11) is 0. The van der Waals surface area contributed by atoms with E-state index in [-0.39, 0.29) is 17.8 Å². The van der Waals surface area contributed by atoms with Gasteiger partial charge in [-0.2, -0.15) is 0 Å². The fourth-order valence-corrected chi connectivity index (χ4v) is 1.89. The van der Waals surface area contributed by atoms with E-state index >= 15 is 0 Å². The molecule has 16 heavy (non-hydrogen) atoms. The first-order chi connectivity index (χ1) is 7.75. The van der Waals surface area contributed by atoms with Gasteiger partial charge in [0, 0.05) is 12.2 Å². The molecule has 86 valence electrons. The van der Waals surface area contributed by atoms with Crippen molar-refractivity contribution in [3.8, 4) is 0 Å². The van der Waals surface area contributed by atoms with Gasteiger partial charge < -0.3 is 10.6 Å². The molecule has 2 rings (SSSR count). The topological polar surface area (TPSA) is 54.0 Å². The number of halogens is 1. The van der Waals surface area contributed by atoms with Gasteiger partial charge >= 0.3 is 6.03 Å². The van der Waals surface area contributed by atoms with Gasteiger partial charge in [0.1, 0.15) is 0 Å². The fraction of sp³-hybridized carbons (Fsp3) is 0.455. The summed E-state index contributed by atoms with van der Waals surface area (Å²) in [6, 6.07) is 1.31. The number of anilines is 1. The molecule has 1 aromatic rings. The standard InChI is InChI=1S/C11H14FN3O/c12-9-7-13-6-5-10(9)15-11(16)14-8-3-1-2-4-8/h5-8H,1-4H2,(H2,13,14,15,16). The molecule has 0 saturated heterocycles. The number of urea groups is 1. The van der Waals surface area contributed by atoms with Crippen molar-refractivity contribution in [3.63, 3.8) is 0 Å². The zero-order valence-corrected chi connectivity index (χ0v) is 8.87. The zero-order chi connectivity index (χ0) is 11.4.